The number of rotatable bonds is 4. The highest BCUT2D eigenvalue weighted by atomic mass is 16.5. The molecule has 1 aromatic heterocycles. The minimum Gasteiger partial charge on any atom is -0.462 e. The Balaban J connectivity index is 2.28. The van der Waals surface area contributed by atoms with Crippen molar-refractivity contribution < 1.29 is 9.53 Å². The molecular weight excluding hydrogens is 238 g/mol. The molecule has 1 aromatic carbocycles. The Bertz CT molecular complexity index is 584. The van der Waals surface area contributed by atoms with Gasteiger partial charge in [0, 0.05) is 11.9 Å². The normalized spacial score (nSPS) is 10.5. The zero-order valence-electron chi connectivity index (χ0n) is 11.6. The summed E-state index contributed by atoms with van der Waals surface area (Å²) in [6.07, 6.45) is 2.63. The maximum atomic E-state index is 12.0. The number of benzene rings is 1. The molecule has 0 fully saturated rings. The van der Waals surface area contributed by atoms with E-state index in [9.17, 15) is 4.79 Å². The second kappa shape index (κ2) is 5.74. The van der Waals surface area contributed by atoms with Crippen LogP contribution in [0.3, 0.4) is 0 Å². The number of aromatic nitrogens is 1. The van der Waals surface area contributed by atoms with Crippen molar-refractivity contribution in [2.75, 3.05) is 6.61 Å². The topological polar surface area (TPSA) is 42.1 Å². The Hall–Kier alpha value is -2.03. The predicted octanol–water partition coefficient (Wildman–Crippen LogP) is 3.40. The van der Waals surface area contributed by atoms with Crippen molar-refractivity contribution in [3.8, 4) is 0 Å². The number of carbonyl (C=O) groups excluding carboxylic acids is 1. The van der Waals surface area contributed by atoms with E-state index >= 15 is 0 Å². The lowest BCUT2D eigenvalue weighted by molar-refractivity contribution is 0.0524. The first-order valence-electron chi connectivity index (χ1n) is 6.51. The molecule has 0 amide bonds. The molecule has 3 nitrogen and oxygen atoms in total. The van der Waals surface area contributed by atoms with Crippen LogP contribution in [0.2, 0.25) is 0 Å². The number of aromatic amines is 1. The lowest BCUT2D eigenvalue weighted by Gasteiger charge is -2.06. The molecule has 0 saturated heterocycles. The first-order chi connectivity index (χ1) is 9.11. The Morgan fingerprint density at radius 1 is 1.32 bits per heavy atom. The summed E-state index contributed by atoms with van der Waals surface area (Å²) in [5.74, 6) is -0.246. The van der Waals surface area contributed by atoms with Crippen LogP contribution < -0.4 is 0 Å². The van der Waals surface area contributed by atoms with Crippen LogP contribution >= 0.6 is 0 Å². The molecule has 0 atom stereocenters. The molecule has 0 unspecified atom stereocenters. The highest BCUT2D eigenvalue weighted by Crippen LogP contribution is 2.19. The lowest BCUT2D eigenvalue weighted by atomic mass is 10.0. The van der Waals surface area contributed by atoms with Crippen LogP contribution in [0.25, 0.3) is 0 Å². The number of hydrogen-bond donors (Lipinski definition) is 1. The third kappa shape index (κ3) is 3.05. The van der Waals surface area contributed by atoms with Gasteiger partial charge in [-0.1, -0.05) is 29.8 Å². The Morgan fingerprint density at radius 3 is 2.79 bits per heavy atom. The second-order valence-corrected chi connectivity index (χ2v) is 4.70. The van der Waals surface area contributed by atoms with Gasteiger partial charge in [0.25, 0.3) is 0 Å². The lowest BCUT2D eigenvalue weighted by Crippen LogP contribution is -2.08. The van der Waals surface area contributed by atoms with Gasteiger partial charge < -0.3 is 9.72 Å². The van der Waals surface area contributed by atoms with Crippen LogP contribution in [0.4, 0.5) is 0 Å². The molecule has 0 spiro atoms. The summed E-state index contributed by atoms with van der Waals surface area (Å²) in [7, 11) is 0. The standard InChI is InChI=1S/C16H19NO2/c1-4-19-16(18)15-12(3)17-10-14(15)9-13-7-5-6-11(2)8-13/h5-8,10,17H,4,9H2,1-3H3. The van der Waals surface area contributed by atoms with Crippen LogP contribution in [0.5, 0.6) is 0 Å². The number of carbonyl (C=O) groups is 1. The largest absolute Gasteiger partial charge is 0.462 e. The number of esters is 1. The van der Waals surface area contributed by atoms with E-state index < -0.39 is 0 Å². The van der Waals surface area contributed by atoms with Gasteiger partial charge in [-0.3, -0.25) is 0 Å². The zero-order valence-corrected chi connectivity index (χ0v) is 11.6. The van der Waals surface area contributed by atoms with Crippen LogP contribution in [-0.2, 0) is 11.2 Å². The Morgan fingerprint density at radius 2 is 2.11 bits per heavy atom. The van der Waals surface area contributed by atoms with E-state index in [1.165, 1.54) is 11.1 Å². The van der Waals surface area contributed by atoms with Crippen LogP contribution in [0, 0.1) is 13.8 Å². The van der Waals surface area contributed by atoms with Gasteiger partial charge in [-0.2, -0.15) is 0 Å². The van der Waals surface area contributed by atoms with Crippen molar-refractivity contribution in [3.63, 3.8) is 0 Å². The molecule has 0 saturated carbocycles. The minimum absolute atomic E-state index is 0.246. The molecule has 0 aliphatic carbocycles. The summed E-state index contributed by atoms with van der Waals surface area (Å²) < 4.78 is 5.11. The predicted molar refractivity (Wildman–Crippen MR) is 75.5 cm³/mol. The molecule has 0 bridgehead atoms. The van der Waals surface area contributed by atoms with Gasteiger partial charge >= 0.3 is 5.97 Å². The summed E-state index contributed by atoms with van der Waals surface area (Å²) in [5.41, 5.74) is 4.94. The van der Waals surface area contributed by atoms with E-state index in [2.05, 4.69) is 30.1 Å². The summed E-state index contributed by atoms with van der Waals surface area (Å²) in [6.45, 7) is 6.18. The van der Waals surface area contributed by atoms with Crippen molar-refractivity contribution in [2.45, 2.75) is 27.2 Å². The molecule has 0 aliphatic rings. The average molecular weight is 257 g/mol. The van der Waals surface area contributed by atoms with E-state index in [4.69, 9.17) is 4.74 Å². The third-order valence-corrected chi connectivity index (χ3v) is 3.12. The minimum atomic E-state index is -0.246. The maximum absolute atomic E-state index is 12.0. The van der Waals surface area contributed by atoms with Crippen molar-refractivity contribution in [1.82, 2.24) is 4.98 Å². The van der Waals surface area contributed by atoms with E-state index in [1.807, 2.05) is 26.1 Å². The molecule has 1 N–H and O–H groups in total. The smallest absolute Gasteiger partial charge is 0.340 e. The SMILES string of the molecule is CCOC(=O)c1c(Cc2cccc(C)c2)c[nH]c1C. The second-order valence-electron chi connectivity index (χ2n) is 4.70. The van der Waals surface area contributed by atoms with E-state index in [1.54, 1.807) is 0 Å². The molecule has 0 radical (unpaired) electrons. The number of H-pyrrole nitrogens is 1. The monoisotopic (exact) mass is 257 g/mol. The highest BCUT2D eigenvalue weighted by molar-refractivity contribution is 5.92. The molecule has 19 heavy (non-hydrogen) atoms. The van der Waals surface area contributed by atoms with Crippen molar-refractivity contribution in [2.24, 2.45) is 0 Å². The Labute approximate surface area is 113 Å². The van der Waals surface area contributed by atoms with E-state index in [-0.39, 0.29) is 5.97 Å². The van der Waals surface area contributed by atoms with Crippen molar-refractivity contribution in [3.05, 3.63) is 58.4 Å². The van der Waals surface area contributed by atoms with Gasteiger partial charge in [0.05, 0.1) is 12.2 Å². The average Bonchev–Trinajstić information content (AvgIpc) is 2.71. The fraction of sp³-hybridized carbons (Fsp3) is 0.312. The molecule has 3 heteroatoms. The van der Waals surface area contributed by atoms with Crippen LogP contribution in [-0.4, -0.2) is 17.6 Å². The van der Waals surface area contributed by atoms with E-state index in [0.717, 1.165) is 17.7 Å². The van der Waals surface area contributed by atoms with Crippen LogP contribution in [0.1, 0.15) is 39.7 Å². The number of aryl methyl sites for hydroxylation is 2. The molecule has 100 valence electrons. The first kappa shape index (κ1) is 13.4. The van der Waals surface area contributed by atoms with Crippen molar-refractivity contribution >= 4 is 5.97 Å². The molecule has 2 aromatic rings. The summed E-state index contributed by atoms with van der Waals surface area (Å²) in [4.78, 5) is 15.1. The Kier molecular flexibility index (Phi) is 4.05. The molecular formula is C16H19NO2. The summed E-state index contributed by atoms with van der Waals surface area (Å²) in [5, 5.41) is 0. The van der Waals surface area contributed by atoms with Crippen LogP contribution in [0.15, 0.2) is 30.5 Å². The van der Waals surface area contributed by atoms with Gasteiger partial charge in [0.2, 0.25) is 0 Å². The molecule has 2 rings (SSSR count). The summed E-state index contributed by atoms with van der Waals surface area (Å²) in [6, 6.07) is 8.31. The van der Waals surface area contributed by atoms with Gasteiger partial charge in [-0.15, -0.1) is 0 Å². The fourth-order valence-electron chi connectivity index (χ4n) is 2.25. The van der Waals surface area contributed by atoms with Gasteiger partial charge in [0.1, 0.15) is 0 Å². The quantitative estimate of drug-likeness (QED) is 0.853. The number of hydrogen-bond acceptors (Lipinski definition) is 2. The zero-order chi connectivity index (χ0) is 13.8. The van der Waals surface area contributed by atoms with Gasteiger partial charge in [0.15, 0.2) is 0 Å². The van der Waals surface area contributed by atoms with Gasteiger partial charge in [-0.05, 0) is 38.3 Å². The third-order valence-electron chi connectivity index (χ3n) is 3.12. The van der Waals surface area contributed by atoms with Crippen molar-refractivity contribution in [1.29, 1.82) is 0 Å². The van der Waals surface area contributed by atoms with E-state index in [0.29, 0.717) is 12.2 Å². The number of ether oxygens (including phenoxy) is 1. The fourth-order valence-corrected chi connectivity index (χ4v) is 2.25. The molecule has 1 heterocycles. The van der Waals surface area contributed by atoms with Gasteiger partial charge in [-0.25, -0.2) is 4.79 Å². The number of nitrogens with one attached hydrogen (secondary N) is 1. The first-order valence-corrected chi connectivity index (χ1v) is 6.51. The maximum Gasteiger partial charge on any atom is 0.340 e. The highest BCUT2D eigenvalue weighted by Gasteiger charge is 2.17. The molecule has 0 aliphatic heterocycles. The summed E-state index contributed by atoms with van der Waals surface area (Å²) >= 11 is 0.